The Balaban J connectivity index is 1.64. The highest BCUT2D eigenvalue weighted by Crippen LogP contribution is 2.18. The molecule has 0 aromatic heterocycles. The Bertz CT molecular complexity index is 669. The Morgan fingerprint density at radius 3 is 2.61 bits per heavy atom. The lowest BCUT2D eigenvalue weighted by Crippen LogP contribution is -2.40. The van der Waals surface area contributed by atoms with Gasteiger partial charge in [0.15, 0.2) is 0 Å². The number of rotatable bonds is 4. The first kappa shape index (κ1) is 16.2. The van der Waals surface area contributed by atoms with Gasteiger partial charge < -0.3 is 14.4 Å². The van der Waals surface area contributed by atoms with E-state index < -0.39 is 0 Å². The maximum atomic E-state index is 5.89. The molecular formula is C18H18ClNO2S. The van der Waals surface area contributed by atoms with Gasteiger partial charge in [0.1, 0.15) is 17.3 Å². The smallest absolute Gasteiger partial charge is 0.120 e. The summed E-state index contributed by atoms with van der Waals surface area (Å²) in [6.07, 6.45) is 0. The molecule has 0 radical (unpaired) electrons. The van der Waals surface area contributed by atoms with Crippen LogP contribution in [0.2, 0.25) is 5.02 Å². The van der Waals surface area contributed by atoms with Crippen molar-refractivity contribution in [3.63, 3.8) is 0 Å². The SMILES string of the molecule is S=C(c1cccc(OCc2ccc(Cl)cc2)c1)N1CCOCC1. The number of ether oxygens (including phenoxy) is 2. The van der Waals surface area contributed by atoms with Gasteiger partial charge in [0.25, 0.3) is 0 Å². The zero-order chi connectivity index (χ0) is 16.1. The van der Waals surface area contributed by atoms with Crippen molar-refractivity contribution in [1.82, 2.24) is 4.90 Å². The Kier molecular flexibility index (Phi) is 5.49. The summed E-state index contributed by atoms with van der Waals surface area (Å²) in [7, 11) is 0. The van der Waals surface area contributed by atoms with E-state index >= 15 is 0 Å². The Hall–Kier alpha value is -1.62. The van der Waals surface area contributed by atoms with E-state index in [1.54, 1.807) is 0 Å². The predicted molar refractivity (Wildman–Crippen MR) is 96.3 cm³/mol. The lowest BCUT2D eigenvalue weighted by atomic mass is 10.2. The quantitative estimate of drug-likeness (QED) is 0.781. The summed E-state index contributed by atoms with van der Waals surface area (Å²) < 4.78 is 11.2. The summed E-state index contributed by atoms with van der Waals surface area (Å²) in [5.74, 6) is 0.813. The first-order valence-corrected chi connectivity index (χ1v) is 8.35. The molecule has 3 nitrogen and oxygen atoms in total. The summed E-state index contributed by atoms with van der Waals surface area (Å²) in [6, 6.07) is 15.6. The maximum Gasteiger partial charge on any atom is 0.120 e. The molecule has 120 valence electrons. The number of nitrogens with zero attached hydrogens (tertiary/aromatic N) is 1. The topological polar surface area (TPSA) is 21.7 Å². The third kappa shape index (κ3) is 4.44. The largest absolute Gasteiger partial charge is 0.489 e. The summed E-state index contributed by atoms with van der Waals surface area (Å²) >= 11 is 11.5. The van der Waals surface area contributed by atoms with Crippen molar-refractivity contribution in [3.05, 3.63) is 64.7 Å². The standard InChI is InChI=1S/C18H18ClNO2S/c19-16-6-4-14(5-7-16)13-22-17-3-1-2-15(12-17)18(23)20-8-10-21-11-9-20/h1-7,12H,8-11,13H2. The second-order valence-electron chi connectivity index (χ2n) is 5.35. The van der Waals surface area contributed by atoms with E-state index in [1.807, 2.05) is 48.5 Å². The van der Waals surface area contributed by atoms with Gasteiger partial charge in [-0.05, 0) is 29.8 Å². The fraction of sp³-hybridized carbons (Fsp3) is 0.278. The molecule has 1 heterocycles. The Morgan fingerprint density at radius 2 is 1.87 bits per heavy atom. The molecule has 1 aliphatic heterocycles. The van der Waals surface area contributed by atoms with E-state index in [0.29, 0.717) is 6.61 Å². The van der Waals surface area contributed by atoms with Gasteiger partial charge in [-0.3, -0.25) is 0 Å². The molecule has 0 bridgehead atoms. The van der Waals surface area contributed by atoms with Crippen LogP contribution in [0.5, 0.6) is 5.75 Å². The molecule has 0 N–H and O–H groups in total. The average molecular weight is 348 g/mol. The highest BCUT2D eigenvalue weighted by atomic mass is 35.5. The third-order valence-electron chi connectivity index (χ3n) is 3.70. The fourth-order valence-corrected chi connectivity index (χ4v) is 2.85. The average Bonchev–Trinajstić information content (AvgIpc) is 2.61. The van der Waals surface area contributed by atoms with Crippen molar-refractivity contribution in [3.8, 4) is 5.75 Å². The van der Waals surface area contributed by atoms with Gasteiger partial charge in [-0.25, -0.2) is 0 Å². The summed E-state index contributed by atoms with van der Waals surface area (Å²) in [5, 5.41) is 0.728. The molecule has 0 saturated carbocycles. The molecule has 3 rings (SSSR count). The van der Waals surface area contributed by atoms with Gasteiger partial charge >= 0.3 is 0 Å². The summed E-state index contributed by atoms with van der Waals surface area (Å²) in [6.45, 7) is 3.65. The van der Waals surface area contributed by atoms with Crippen molar-refractivity contribution in [2.75, 3.05) is 26.3 Å². The molecule has 23 heavy (non-hydrogen) atoms. The second-order valence-corrected chi connectivity index (χ2v) is 6.17. The van der Waals surface area contributed by atoms with Crippen molar-refractivity contribution in [2.24, 2.45) is 0 Å². The number of benzene rings is 2. The van der Waals surface area contributed by atoms with Crippen LogP contribution in [0.15, 0.2) is 48.5 Å². The molecule has 1 aliphatic rings. The molecular weight excluding hydrogens is 330 g/mol. The van der Waals surface area contributed by atoms with Crippen LogP contribution in [0, 0.1) is 0 Å². The minimum Gasteiger partial charge on any atom is -0.489 e. The van der Waals surface area contributed by atoms with Crippen LogP contribution >= 0.6 is 23.8 Å². The van der Waals surface area contributed by atoms with Crippen LogP contribution in [0.25, 0.3) is 0 Å². The van der Waals surface area contributed by atoms with Crippen LogP contribution in [-0.2, 0) is 11.3 Å². The van der Waals surface area contributed by atoms with Crippen molar-refractivity contribution < 1.29 is 9.47 Å². The molecule has 1 fully saturated rings. The van der Waals surface area contributed by atoms with Gasteiger partial charge in [-0.15, -0.1) is 0 Å². The van der Waals surface area contributed by atoms with E-state index in [1.165, 1.54) is 0 Å². The molecule has 2 aromatic rings. The van der Waals surface area contributed by atoms with Gasteiger partial charge in [0, 0.05) is 23.7 Å². The molecule has 0 aliphatic carbocycles. The minimum absolute atomic E-state index is 0.505. The van der Waals surface area contributed by atoms with E-state index in [0.717, 1.165) is 53.2 Å². The molecule has 1 saturated heterocycles. The number of thiocarbonyl (C=S) groups is 1. The van der Waals surface area contributed by atoms with Crippen molar-refractivity contribution in [1.29, 1.82) is 0 Å². The van der Waals surface area contributed by atoms with Gasteiger partial charge in [0.2, 0.25) is 0 Å². The van der Waals surface area contributed by atoms with E-state index in [-0.39, 0.29) is 0 Å². The first-order valence-electron chi connectivity index (χ1n) is 7.57. The van der Waals surface area contributed by atoms with Crippen molar-refractivity contribution in [2.45, 2.75) is 6.61 Å². The van der Waals surface area contributed by atoms with Gasteiger partial charge in [-0.2, -0.15) is 0 Å². The number of halogens is 1. The van der Waals surface area contributed by atoms with Gasteiger partial charge in [0.05, 0.1) is 13.2 Å². The zero-order valence-corrected chi connectivity index (χ0v) is 14.3. The maximum absolute atomic E-state index is 5.89. The molecule has 5 heteroatoms. The lowest BCUT2D eigenvalue weighted by Gasteiger charge is -2.29. The normalized spacial score (nSPS) is 14.6. The molecule has 0 unspecified atom stereocenters. The highest BCUT2D eigenvalue weighted by molar-refractivity contribution is 7.80. The lowest BCUT2D eigenvalue weighted by molar-refractivity contribution is 0.0693. The van der Waals surface area contributed by atoms with E-state index in [2.05, 4.69) is 4.90 Å². The molecule has 0 spiro atoms. The second kappa shape index (κ2) is 7.77. The first-order chi connectivity index (χ1) is 11.2. The number of hydrogen-bond donors (Lipinski definition) is 0. The summed E-state index contributed by atoms with van der Waals surface area (Å²) in [4.78, 5) is 3.03. The summed E-state index contributed by atoms with van der Waals surface area (Å²) in [5.41, 5.74) is 2.09. The highest BCUT2D eigenvalue weighted by Gasteiger charge is 2.15. The molecule has 0 amide bonds. The monoisotopic (exact) mass is 347 g/mol. The van der Waals surface area contributed by atoms with Crippen molar-refractivity contribution >= 4 is 28.8 Å². The number of morpholine rings is 1. The Labute approximate surface area is 146 Å². The third-order valence-corrected chi connectivity index (χ3v) is 4.44. The van der Waals surface area contributed by atoms with E-state index in [4.69, 9.17) is 33.3 Å². The van der Waals surface area contributed by atoms with Crippen LogP contribution in [0.4, 0.5) is 0 Å². The van der Waals surface area contributed by atoms with Crippen LogP contribution in [0.3, 0.4) is 0 Å². The fourth-order valence-electron chi connectivity index (χ4n) is 2.42. The zero-order valence-electron chi connectivity index (χ0n) is 12.7. The van der Waals surface area contributed by atoms with Gasteiger partial charge in [-0.1, -0.05) is 48.1 Å². The Morgan fingerprint density at radius 1 is 1.13 bits per heavy atom. The molecule has 2 aromatic carbocycles. The predicted octanol–water partition coefficient (Wildman–Crippen LogP) is 3.93. The minimum atomic E-state index is 0.505. The van der Waals surface area contributed by atoms with Crippen LogP contribution in [-0.4, -0.2) is 36.2 Å². The van der Waals surface area contributed by atoms with Crippen LogP contribution in [0.1, 0.15) is 11.1 Å². The number of hydrogen-bond acceptors (Lipinski definition) is 3. The van der Waals surface area contributed by atoms with E-state index in [9.17, 15) is 0 Å². The van der Waals surface area contributed by atoms with Crippen LogP contribution < -0.4 is 4.74 Å². The molecule has 0 atom stereocenters.